The topological polar surface area (TPSA) is 9.23 Å². The molecule has 0 N–H and O–H groups in total. The number of hydrogen-bond donors (Lipinski definition) is 1. The predicted octanol–water partition coefficient (Wildman–Crippen LogP) is 1.35. The molecule has 0 aromatic heterocycles. The van der Waals surface area contributed by atoms with Crippen molar-refractivity contribution in [3.63, 3.8) is 0 Å². The Balaban J connectivity index is 2.14. The molecule has 42 valence electrons. The molecular formula is C4H8OS2. The minimum absolute atomic E-state index is 0.656. The first-order chi connectivity index (χ1) is 3.43. The fourth-order valence-corrected chi connectivity index (χ4v) is 1.45. The average molecular weight is 136 g/mol. The van der Waals surface area contributed by atoms with Crippen LogP contribution in [-0.2, 0) is 4.74 Å². The van der Waals surface area contributed by atoms with Gasteiger partial charge in [0.05, 0.1) is 6.61 Å². The highest BCUT2D eigenvalue weighted by Crippen LogP contribution is 2.22. The molecule has 3 heteroatoms. The molecule has 1 fully saturated rings. The average Bonchev–Trinajstić information content (AvgIpc) is 2.14. The van der Waals surface area contributed by atoms with Gasteiger partial charge in [0.1, 0.15) is 0 Å². The van der Waals surface area contributed by atoms with Gasteiger partial charge in [-0.2, -0.15) is 0 Å². The van der Waals surface area contributed by atoms with Crippen LogP contribution in [0.2, 0.25) is 0 Å². The van der Waals surface area contributed by atoms with Gasteiger partial charge in [-0.15, -0.1) is 11.7 Å². The Morgan fingerprint density at radius 3 is 2.86 bits per heavy atom. The molecular weight excluding hydrogens is 128 g/mol. The molecule has 1 aliphatic heterocycles. The van der Waals surface area contributed by atoms with Crippen LogP contribution in [0.3, 0.4) is 0 Å². The zero-order valence-corrected chi connectivity index (χ0v) is 5.67. The molecule has 0 saturated carbocycles. The molecule has 0 aromatic rings. The van der Waals surface area contributed by atoms with E-state index in [1.165, 1.54) is 6.42 Å². The lowest BCUT2D eigenvalue weighted by Gasteiger charge is -1.96. The van der Waals surface area contributed by atoms with Crippen LogP contribution in [0.4, 0.5) is 0 Å². The second kappa shape index (κ2) is 2.84. The third-order valence-electron chi connectivity index (χ3n) is 1.04. The van der Waals surface area contributed by atoms with Crippen molar-refractivity contribution < 1.29 is 4.74 Å². The Labute approximate surface area is 52.6 Å². The van der Waals surface area contributed by atoms with E-state index in [2.05, 4.69) is 11.7 Å². The summed E-state index contributed by atoms with van der Waals surface area (Å²) in [4.78, 5) is 0. The van der Waals surface area contributed by atoms with Gasteiger partial charge in [0.25, 0.3) is 0 Å². The Hall–Kier alpha value is 0.660. The molecule has 1 unspecified atom stereocenters. The largest absolute Gasteiger partial charge is 0.380 e. The number of thiol groups is 1. The molecule has 1 atom stereocenters. The van der Waals surface area contributed by atoms with E-state index < -0.39 is 0 Å². The molecule has 0 aromatic carbocycles. The van der Waals surface area contributed by atoms with Gasteiger partial charge >= 0.3 is 0 Å². The van der Waals surface area contributed by atoms with E-state index in [9.17, 15) is 0 Å². The fourth-order valence-electron chi connectivity index (χ4n) is 0.596. The van der Waals surface area contributed by atoms with Crippen LogP contribution in [0.1, 0.15) is 6.42 Å². The first-order valence-corrected chi connectivity index (χ1v) is 4.24. The van der Waals surface area contributed by atoms with Gasteiger partial charge in [-0.3, -0.25) is 0 Å². The Kier molecular flexibility index (Phi) is 2.35. The summed E-state index contributed by atoms with van der Waals surface area (Å²) in [5.74, 6) is 0. The van der Waals surface area contributed by atoms with Gasteiger partial charge < -0.3 is 4.74 Å². The number of rotatable bonds is 1. The lowest BCUT2D eigenvalue weighted by atomic mass is 10.4. The molecule has 0 aliphatic carbocycles. The SMILES string of the molecule is SSC1CCOC1. The summed E-state index contributed by atoms with van der Waals surface area (Å²) in [7, 11) is 1.60. The van der Waals surface area contributed by atoms with E-state index in [1.54, 1.807) is 10.8 Å². The monoisotopic (exact) mass is 136 g/mol. The lowest BCUT2D eigenvalue weighted by Crippen LogP contribution is -1.95. The third kappa shape index (κ3) is 1.55. The maximum Gasteiger partial charge on any atom is 0.0594 e. The Morgan fingerprint density at radius 2 is 2.57 bits per heavy atom. The van der Waals surface area contributed by atoms with Crippen molar-refractivity contribution in [2.45, 2.75) is 11.7 Å². The quantitative estimate of drug-likeness (QED) is 0.430. The highest BCUT2D eigenvalue weighted by atomic mass is 33.1. The highest BCUT2D eigenvalue weighted by Gasteiger charge is 2.13. The van der Waals surface area contributed by atoms with Crippen LogP contribution < -0.4 is 0 Å². The number of ether oxygens (including phenoxy) is 1. The molecule has 0 amide bonds. The summed E-state index contributed by atoms with van der Waals surface area (Å²) >= 11 is 4.05. The van der Waals surface area contributed by atoms with Crippen molar-refractivity contribution in [2.75, 3.05) is 13.2 Å². The Morgan fingerprint density at radius 1 is 1.71 bits per heavy atom. The van der Waals surface area contributed by atoms with Crippen molar-refractivity contribution in [2.24, 2.45) is 0 Å². The van der Waals surface area contributed by atoms with Gasteiger partial charge in [-0.1, -0.05) is 10.8 Å². The van der Waals surface area contributed by atoms with E-state index in [0.29, 0.717) is 5.25 Å². The zero-order chi connectivity index (χ0) is 5.11. The van der Waals surface area contributed by atoms with Crippen LogP contribution in [0.15, 0.2) is 0 Å². The normalized spacial score (nSPS) is 31.3. The van der Waals surface area contributed by atoms with Gasteiger partial charge in [-0.25, -0.2) is 0 Å². The molecule has 1 aliphatic rings. The van der Waals surface area contributed by atoms with Gasteiger partial charge in [-0.05, 0) is 6.42 Å². The van der Waals surface area contributed by atoms with E-state index in [-0.39, 0.29) is 0 Å². The van der Waals surface area contributed by atoms with Gasteiger partial charge in [0.2, 0.25) is 0 Å². The summed E-state index contributed by atoms with van der Waals surface area (Å²) < 4.78 is 5.08. The summed E-state index contributed by atoms with van der Waals surface area (Å²) in [6.45, 7) is 1.83. The minimum Gasteiger partial charge on any atom is -0.380 e. The molecule has 1 nitrogen and oxygen atoms in total. The second-order valence-corrected chi connectivity index (χ2v) is 3.10. The summed E-state index contributed by atoms with van der Waals surface area (Å²) in [5, 5.41) is 0.656. The van der Waals surface area contributed by atoms with Crippen LogP contribution >= 0.6 is 22.5 Å². The van der Waals surface area contributed by atoms with Crippen LogP contribution in [0, 0.1) is 0 Å². The fraction of sp³-hybridized carbons (Fsp3) is 1.00. The summed E-state index contributed by atoms with van der Waals surface area (Å²) in [5.41, 5.74) is 0. The predicted molar refractivity (Wildman–Crippen MR) is 35.8 cm³/mol. The lowest BCUT2D eigenvalue weighted by molar-refractivity contribution is 0.199. The summed E-state index contributed by atoms with van der Waals surface area (Å²) in [6, 6.07) is 0. The minimum atomic E-state index is 0.656. The van der Waals surface area contributed by atoms with Crippen LogP contribution in [-0.4, -0.2) is 18.5 Å². The standard InChI is InChI=1S/C4H8OS2/c6-7-4-1-2-5-3-4/h4,6H,1-3H2. The first kappa shape index (κ1) is 5.79. The summed E-state index contributed by atoms with van der Waals surface area (Å²) in [6.07, 6.45) is 1.17. The molecule has 1 heterocycles. The van der Waals surface area contributed by atoms with Crippen molar-refractivity contribution in [3.8, 4) is 0 Å². The molecule has 1 saturated heterocycles. The van der Waals surface area contributed by atoms with E-state index in [4.69, 9.17) is 4.74 Å². The molecule has 0 spiro atoms. The van der Waals surface area contributed by atoms with Crippen LogP contribution in [0.5, 0.6) is 0 Å². The van der Waals surface area contributed by atoms with Gasteiger partial charge in [0.15, 0.2) is 0 Å². The maximum atomic E-state index is 5.08. The highest BCUT2D eigenvalue weighted by molar-refractivity contribution is 8.68. The molecule has 7 heavy (non-hydrogen) atoms. The number of hydrogen-bond acceptors (Lipinski definition) is 3. The molecule has 0 radical (unpaired) electrons. The molecule has 0 bridgehead atoms. The van der Waals surface area contributed by atoms with Crippen molar-refractivity contribution >= 4 is 22.5 Å². The van der Waals surface area contributed by atoms with E-state index >= 15 is 0 Å². The van der Waals surface area contributed by atoms with Crippen molar-refractivity contribution in [1.82, 2.24) is 0 Å². The second-order valence-electron chi connectivity index (χ2n) is 1.59. The Bertz CT molecular complexity index is 51.7. The van der Waals surface area contributed by atoms with E-state index in [1.807, 2.05) is 0 Å². The molecule has 1 rings (SSSR count). The van der Waals surface area contributed by atoms with Crippen molar-refractivity contribution in [3.05, 3.63) is 0 Å². The van der Waals surface area contributed by atoms with Crippen molar-refractivity contribution in [1.29, 1.82) is 0 Å². The third-order valence-corrected chi connectivity index (χ3v) is 2.60. The first-order valence-electron chi connectivity index (χ1n) is 2.31. The van der Waals surface area contributed by atoms with Crippen LogP contribution in [0.25, 0.3) is 0 Å². The van der Waals surface area contributed by atoms with E-state index in [0.717, 1.165) is 13.2 Å². The van der Waals surface area contributed by atoms with Gasteiger partial charge in [0, 0.05) is 11.9 Å². The maximum absolute atomic E-state index is 5.08. The smallest absolute Gasteiger partial charge is 0.0594 e. The zero-order valence-electron chi connectivity index (χ0n) is 3.96.